The van der Waals surface area contributed by atoms with Crippen LogP contribution in [-0.2, 0) is 14.8 Å². The van der Waals surface area contributed by atoms with E-state index in [9.17, 15) is 8.42 Å². The lowest BCUT2D eigenvalue weighted by Gasteiger charge is -2.42. The van der Waals surface area contributed by atoms with Crippen molar-refractivity contribution in [1.29, 1.82) is 0 Å². The highest BCUT2D eigenvalue weighted by Crippen LogP contribution is 2.27. The summed E-state index contributed by atoms with van der Waals surface area (Å²) in [6.45, 7) is 1.51. The number of hydrogen-bond acceptors (Lipinski definition) is 4. The van der Waals surface area contributed by atoms with Gasteiger partial charge in [0, 0.05) is 26.8 Å². The molecule has 1 aliphatic rings. The van der Waals surface area contributed by atoms with Gasteiger partial charge in [-0.25, -0.2) is 8.42 Å². The van der Waals surface area contributed by atoms with Crippen molar-refractivity contribution in [3.05, 3.63) is 0 Å². The molecule has 1 aliphatic heterocycles. The molecule has 84 valence electrons. The molecule has 0 spiro atoms. The fraction of sp³-hybridized carbons (Fsp3) is 1.00. The van der Waals surface area contributed by atoms with Gasteiger partial charge < -0.3 is 10.5 Å². The Balaban J connectivity index is 2.88. The van der Waals surface area contributed by atoms with Crippen molar-refractivity contribution < 1.29 is 13.2 Å². The molecule has 0 saturated carbocycles. The van der Waals surface area contributed by atoms with E-state index in [1.165, 1.54) is 10.6 Å². The van der Waals surface area contributed by atoms with E-state index >= 15 is 0 Å². The van der Waals surface area contributed by atoms with Crippen molar-refractivity contribution in [3.63, 3.8) is 0 Å². The lowest BCUT2D eigenvalue weighted by Crippen LogP contribution is -2.56. The van der Waals surface area contributed by atoms with Crippen molar-refractivity contribution in [1.82, 2.24) is 4.31 Å². The Morgan fingerprint density at radius 1 is 1.43 bits per heavy atom. The van der Waals surface area contributed by atoms with Crippen molar-refractivity contribution in [2.75, 3.05) is 33.1 Å². The molecule has 1 rings (SSSR count). The van der Waals surface area contributed by atoms with Gasteiger partial charge in [0.05, 0.1) is 11.8 Å². The van der Waals surface area contributed by atoms with Gasteiger partial charge in [0.15, 0.2) is 0 Å². The fourth-order valence-electron chi connectivity index (χ4n) is 1.75. The first-order valence-corrected chi connectivity index (χ1v) is 6.49. The molecular formula is C8H18N2O3S. The number of rotatable bonds is 3. The summed E-state index contributed by atoms with van der Waals surface area (Å²) in [6.07, 6.45) is 2.56. The Kier molecular flexibility index (Phi) is 3.52. The molecule has 0 amide bonds. The normalized spacial score (nSPS) is 22.6. The van der Waals surface area contributed by atoms with Gasteiger partial charge in [0.1, 0.15) is 0 Å². The van der Waals surface area contributed by atoms with Crippen LogP contribution in [0.15, 0.2) is 0 Å². The number of hydrogen-bond donors (Lipinski definition) is 1. The van der Waals surface area contributed by atoms with Crippen LogP contribution >= 0.6 is 0 Å². The minimum atomic E-state index is -3.18. The molecule has 0 aromatic rings. The molecule has 1 fully saturated rings. The average molecular weight is 222 g/mol. The van der Waals surface area contributed by atoms with E-state index in [0.717, 1.165) is 0 Å². The smallest absolute Gasteiger partial charge is 0.211 e. The molecule has 5 nitrogen and oxygen atoms in total. The van der Waals surface area contributed by atoms with Gasteiger partial charge in [-0.1, -0.05) is 0 Å². The molecule has 0 atom stereocenters. The lowest BCUT2D eigenvalue weighted by molar-refractivity contribution is 0.0168. The molecule has 0 aliphatic carbocycles. The maximum atomic E-state index is 11.4. The van der Waals surface area contributed by atoms with Gasteiger partial charge in [0.2, 0.25) is 10.0 Å². The van der Waals surface area contributed by atoms with Gasteiger partial charge in [-0.05, 0) is 12.8 Å². The summed E-state index contributed by atoms with van der Waals surface area (Å²) >= 11 is 0. The molecule has 6 heteroatoms. The standard InChI is InChI=1S/C8H18N2O3S/c1-10(14(2,11)12)8(7-9)3-5-13-6-4-8/h3-7,9H2,1-2H3. The van der Waals surface area contributed by atoms with Gasteiger partial charge in [-0.15, -0.1) is 0 Å². The van der Waals surface area contributed by atoms with Gasteiger partial charge in [-0.3, -0.25) is 0 Å². The zero-order valence-corrected chi connectivity index (χ0v) is 9.51. The molecule has 14 heavy (non-hydrogen) atoms. The van der Waals surface area contributed by atoms with E-state index in [1.54, 1.807) is 7.05 Å². The number of nitrogens with zero attached hydrogens (tertiary/aromatic N) is 1. The highest BCUT2D eigenvalue weighted by molar-refractivity contribution is 7.88. The first kappa shape index (κ1) is 11.9. The minimum absolute atomic E-state index is 0.347. The average Bonchev–Trinajstić information content (AvgIpc) is 2.16. The molecule has 0 unspecified atom stereocenters. The fourth-order valence-corrected chi connectivity index (χ4v) is 2.71. The molecule has 1 saturated heterocycles. The minimum Gasteiger partial charge on any atom is -0.381 e. The summed E-state index contributed by atoms with van der Waals surface area (Å²) in [4.78, 5) is 0. The van der Waals surface area contributed by atoms with Gasteiger partial charge >= 0.3 is 0 Å². The Morgan fingerprint density at radius 3 is 2.29 bits per heavy atom. The highest BCUT2D eigenvalue weighted by Gasteiger charge is 2.39. The van der Waals surface area contributed by atoms with Crippen molar-refractivity contribution >= 4 is 10.0 Å². The second-order valence-corrected chi connectivity index (χ2v) is 5.79. The molecule has 0 aromatic heterocycles. The summed E-state index contributed by atoms with van der Waals surface area (Å²) in [7, 11) is -1.58. The largest absolute Gasteiger partial charge is 0.381 e. The van der Waals surface area contributed by atoms with E-state index in [0.29, 0.717) is 32.6 Å². The summed E-state index contributed by atoms with van der Waals surface area (Å²) in [5.41, 5.74) is 5.24. The van der Waals surface area contributed by atoms with Gasteiger partial charge in [0.25, 0.3) is 0 Å². The van der Waals surface area contributed by atoms with Gasteiger partial charge in [-0.2, -0.15) is 4.31 Å². The van der Waals surface area contributed by atoms with Crippen LogP contribution < -0.4 is 5.73 Å². The Hall–Kier alpha value is -0.170. The third kappa shape index (κ3) is 2.25. The predicted molar refractivity (Wildman–Crippen MR) is 54.4 cm³/mol. The van der Waals surface area contributed by atoms with Crippen LogP contribution in [0.3, 0.4) is 0 Å². The molecule has 0 radical (unpaired) electrons. The van der Waals surface area contributed by atoms with Crippen LogP contribution in [0, 0.1) is 0 Å². The third-order valence-electron chi connectivity index (χ3n) is 2.97. The second kappa shape index (κ2) is 4.14. The molecular weight excluding hydrogens is 204 g/mol. The number of likely N-dealkylation sites (N-methyl/N-ethyl adjacent to an activating group) is 1. The maximum absolute atomic E-state index is 11.4. The lowest BCUT2D eigenvalue weighted by atomic mass is 9.90. The van der Waals surface area contributed by atoms with Crippen molar-refractivity contribution in [3.8, 4) is 0 Å². The SMILES string of the molecule is CN(C1(CN)CCOCC1)S(C)(=O)=O. The van der Waals surface area contributed by atoms with E-state index in [2.05, 4.69) is 0 Å². The van der Waals surface area contributed by atoms with E-state index < -0.39 is 15.6 Å². The zero-order valence-electron chi connectivity index (χ0n) is 8.69. The highest BCUT2D eigenvalue weighted by atomic mass is 32.2. The van der Waals surface area contributed by atoms with E-state index in [1.807, 2.05) is 0 Å². The van der Waals surface area contributed by atoms with Crippen LogP contribution in [0.25, 0.3) is 0 Å². The summed E-state index contributed by atoms with van der Waals surface area (Å²) in [5.74, 6) is 0. The van der Waals surface area contributed by atoms with Crippen LogP contribution in [0.2, 0.25) is 0 Å². The monoisotopic (exact) mass is 222 g/mol. The molecule has 0 aromatic carbocycles. The zero-order chi connectivity index (χ0) is 10.8. The quantitative estimate of drug-likeness (QED) is 0.691. The Morgan fingerprint density at radius 2 is 1.93 bits per heavy atom. The van der Waals surface area contributed by atoms with Crippen LogP contribution in [-0.4, -0.2) is 51.3 Å². The Bertz CT molecular complexity index is 283. The summed E-state index contributed by atoms with van der Waals surface area (Å²) in [6, 6.07) is 0. The topological polar surface area (TPSA) is 72.6 Å². The van der Waals surface area contributed by atoms with E-state index in [-0.39, 0.29) is 0 Å². The Labute approximate surface area is 85.3 Å². The maximum Gasteiger partial charge on any atom is 0.211 e. The van der Waals surface area contributed by atoms with Crippen LogP contribution in [0.4, 0.5) is 0 Å². The number of sulfonamides is 1. The third-order valence-corrected chi connectivity index (χ3v) is 4.35. The van der Waals surface area contributed by atoms with Crippen LogP contribution in [0.1, 0.15) is 12.8 Å². The molecule has 1 heterocycles. The summed E-state index contributed by atoms with van der Waals surface area (Å²) < 4.78 is 29.5. The molecule has 2 N–H and O–H groups in total. The van der Waals surface area contributed by atoms with Crippen molar-refractivity contribution in [2.24, 2.45) is 5.73 Å². The summed E-state index contributed by atoms with van der Waals surface area (Å²) in [5, 5.41) is 0. The predicted octanol–water partition coefficient (Wildman–Crippen LogP) is -0.614. The number of ether oxygens (including phenoxy) is 1. The van der Waals surface area contributed by atoms with E-state index in [4.69, 9.17) is 10.5 Å². The first-order valence-electron chi connectivity index (χ1n) is 4.64. The van der Waals surface area contributed by atoms with Crippen molar-refractivity contribution in [2.45, 2.75) is 18.4 Å². The second-order valence-electron chi connectivity index (χ2n) is 3.77. The first-order chi connectivity index (χ1) is 6.42. The molecule has 0 bridgehead atoms. The number of nitrogens with two attached hydrogens (primary N) is 1. The van der Waals surface area contributed by atoms with Crippen LogP contribution in [0.5, 0.6) is 0 Å².